The van der Waals surface area contributed by atoms with Crippen LogP contribution in [0.5, 0.6) is 0 Å². The van der Waals surface area contributed by atoms with E-state index in [0.29, 0.717) is 27.3 Å². The second kappa shape index (κ2) is 20.4. The molecule has 13 nitrogen and oxygen atoms in total. The summed E-state index contributed by atoms with van der Waals surface area (Å²) in [4.78, 5) is 69.3. The largest absolute Gasteiger partial charge is 0.448 e. The highest BCUT2D eigenvalue weighted by molar-refractivity contribution is 8.07. The van der Waals surface area contributed by atoms with Crippen LogP contribution in [0.1, 0.15) is 60.5 Å². The number of ether oxygens (including phenoxy) is 2. The normalized spacial score (nSPS) is 16.2. The summed E-state index contributed by atoms with van der Waals surface area (Å²) in [5.74, 6) is -1.99. The third-order valence-electron chi connectivity index (χ3n) is 10.3. The minimum atomic E-state index is -1.40. The van der Waals surface area contributed by atoms with Gasteiger partial charge < -0.3 is 19.6 Å². The average Bonchev–Trinajstić information content (AvgIpc) is 3.79. The van der Waals surface area contributed by atoms with Gasteiger partial charge in [0.1, 0.15) is 22.7 Å². The number of β-lactam (4-membered cyclic amide) rings is 1. The Bertz CT molecular complexity index is 2610. The zero-order valence-corrected chi connectivity index (χ0v) is 39.0. The summed E-state index contributed by atoms with van der Waals surface area (Å²) >= 11 is 9.60. The molecule has 0 bridgehead atoms. The first-order valence-electron chi connectivity index (χ1n) is 20.7. The molecule has 0 saturated carbocycles. The van der Waals surface area contributed by atoms with Crippen LogP contribution in [0, 0.1) is 0 Å². The van der Waals surface area contributed by atoms with Crippen molar-refractivity contribution in [3.05, 3.63) is 196 Å². The molecule has 0 aliphatic carbocycles. The summed E-state index contributed by atoms with van der Waals surface area (Å²) in [5, 5.41) is 9.42. The lowest BCUT2D eigenvalue weighted by atomic mass is 9.80. The molecule has 6 aromatic rings. The lowest BCUT2D eigenvalue weighted by molar-refractivity contribution is -0.154. The molecule has 3 heterocycles. The Morgan fingerprint density at radius 1 is 0.818 bits per heavy atom. The molecule has 66 heavy (non-hydrogen) atoms. The minimum Gasteiger partial charge on any atom is -0.448 e. The standard InChI is InChI=1S/C49H43ClN6O7S3/c1-48(2,3)62-47(60)53-46-52-41(55-66-46)37(54-63-49(33-23-13-6-14-24-33,34-25-15-7-16-26-34)35-27-17-8-18-28-35)42(57)51-38-43(58)56-39(36(65-30-50)29-64-44(38)56)45(59)61-40(31-19-9-4-10-20-31)32-21-11-5-12-22-32/h4-28,38,40,44H,29-30H2,1-3H3,(H,51,57)(H,52,53,55,60). The number of hydrogen-bond donors (Lipinski definition) is 2. The van der Waals surface area contributed by atoms with Crippen LogP contribution in [0.2, 0.25) is 0 Å². The second-order valence-corrected chi connectivity index (χ2v) is 19.4. The molecule has 2 unspecified atom stereocenters. The fourth-order valence-corrected chi connectivity index (χ4v) is 10.6. The van der Waals surface area contributed by atoms with Crippen molar-refractivity contribution < 1.29 is 33.5 Å². The van der Waals surface area contributed by atoms with E-state index in [1.165, 1.54) is 28.4 Å². The van der Waals surface area contributed by atoms with Crippen LogP contribution in [0.15, 0.2) is 167 Å². The van der Waals surface area contributed by atoms with Crippen molar-refractivity contribution in [1.29, 1.82) is 0 Å². The zero-order chi connectivity index (χ0) is 46.3. The number of carbonyl (C=O) groups is 4. The van der Waals surface area contributed by atoms with Crippen LogP contribution in [-0.2, 0) is 34.3 Å². The molecule has 3 amide bonds. The van der Waals surface area contributed by atoms with E-state index < -0.39 is 52.6 Å². The third-order valence-corrected chi connectivity index (χ3v) is 13.6. The van der Waals surface area contributed by atoms with E-state index in [0.717, 1.165) is 22.7 Å². The van der Waals surface area contributed by atoms with Crippen molar-refractivity contribution in [2.45, 2.75) is 49.5 Å². The maximum atomic E-state index is 14.7. The van der Waals surface area contributed by atoms with Gasteiger partial charge in [-0.15, -0.1) is 35.1 Å². The number of amides is 3. The van der Waals surface area contributed by atoms with Crippen LogP contribution in [0.4, 0.5) is 9.93 Å². The zero-order valence-electron chi connectivity index (χ0n) is 35.8. The summed E-state index contributed by atoms with van der Waals surface area (Å²) in [7, 11) is 0. The SMILES string of the molecule is CC(C)(C)OC(=O)Nc1nc(C(=NOC(c2ccccc2)(c2ccccc2)c2ccccc2)C(=O)NC2C(=O)N3C(C(=O)OC(c4ccccc4)c4ccccc4)=C(SCCl)CSC23)ns1. The smallest absolute Gasteiger partial charge is 0.414 e. The Balaban J connectivity index is 1.13. The number of oxime groups is 1. The Morgan fingerprint density at radius 3 is 1.83 bits per heavy atom. The topological polar surface area (TPSA) is 161 Å². The molecular formula is C49H43ClN6O7S3. The second-order valence-electron chi connectivity index (χ2n) is 15.9. The predicted molar refractivity (Wildman–Crippen MR) is 258 cm³/mol. The van der Waals surface area contributed by atoms with Gasteiger partial charge in [-0.3, -0.25) is 19.8 Å². The number of rotatable bonds is 15. The Labute approximate surface area is 399 Å². The molecule has 2 aliphatic heterocycles. The van der Waals surface area contributed by atoms with Gasteiger partial charge in [0.2, 0.25) is 22.3 Å². The van der Waals surface area contributed by atoms with Crippen LogP contribution in [0.25, 0.3) is 0 Å². The van der Waals surface area contributed by atoms with Crippen molar-refractivity contribution in [2.24, 2.45) is 5.16 Å². The summed E-state index contributed by atoms with van der Waals surface area (Å²) in [6.07, 6.45) is -1.55. The molecule has 2 atom stereocenters. The molecule has 17 heteroatoms. The quantitative estimate of drug-likeness (QED) is 0.0252. The van der Waals surface area contributed by atoms with Gasteiger partial charge in [0.15, 0.2) is 6.10 Å². The molecule has 2 N–H and O–H groups in total. The van der Waals surface area contributed by atoms with Gasteiger partial charge >= 0.3 is 12.1 Å². The highest BCUT2D eigenvalue weighted by Crippen LogP contribution is 2.45. The molecule has 2 aliphatic rings. The van der Waals surface area contributed by atoms with Crippen molar-refractivity contribution in [3.8, 4) is 0 Å². The third kappa shape index (κ3) is 10.0. The molecule has 0 radical (unpaired) electrons. The first kappa shape index (κ1) is 46.1. The highest BCUT2D eigenvalue weighted by Gasteiger charge is 2.55. The summed E-state index contributed by atoms with van der Waals surface area (Å²) < 4.78 is 16.1. The van der Waals surface area contributed by atoms with Crippen molar-refractivity contribution in [1.82, 2.24) is 19.6 Å². The Hall–Kier alpha value is -6.46. The molecule has 1 fully saturated rings. The Morgan fingerprint density at radius 2 is 1.33 bits per heavy atom. The molecule has 0 spiro atoms. The first-order valence-corrected chi connectivity index (χ1v) is 24.1. The average molecular weight is 960 g/mol. The minimum absolute atomic E-state index is 0.0239. The van der Waals surface area contributed by atoms with Gasteiger partial charge in [0.25, 0.3) is 11.8 Å². The van der Waals surface area contributed by atoms with Gasteiger partial charge in [-0.05, 0) is 31.9 Å². The van der Waals surface area contributed by atoms with E-state index in [1.807, 2.05) is 152 Å². The molecule has 8 rings (SSSR count). The number of anilines is 1. The van der Waals surface area contributed by atoms with Gasteiger partial charge in [-0.1, -0.05) is 157 Å². The molecule has 1 saturated heterocycles. The van der Waals surface area contributed by atoms with Crippen LogP contribution < -0.4 is 10.6 Å². The van der Waals surface area contributed by atoms with Crippen molar-refractivity contribution >= 4 is 81.4 Å². The molecule has 336 valence electrons. The Kier molecular flexibility index (Phi) is 14.2. The highest BCUT2D eigenvalue weighted by atomic mass is 35.5. The number of aromatic nitrogens is 2. The number of benzene rings is 5. The van der Waals surface area contributed by atoms with E-state index in [4.69, 9.17) is 25.9 Å². The molecule has 5 aromatic carbocycles. The predicted octanol–water partition coefficient (Wildman–Crippen LogP) is 9.47. The fraction of sp³-hybridized carbons (Fsp3) is 0.204. The number of alkyl halides is 1. The number of nitrogens with one attached hydrogen (secondary N) is 2. The summed E-state index contributed by atoms with van der Waals surface area (Å²) in [6, 6.07) is 45.9. The van der Waals surface area contributed by atoms with Gasteiger partial charge in [-0.2, -0.15) is 9.36 Å². The van der Waals surface area contributed by atoms with E-state index in [1.54, 1.807) is 20.8 Å². The van der Waals surface area contributed by atoms with Gasteiger partial charge in [-0.25, -0.2) is 9.59 Å². The fourth-order valence-electron chi connectivity index (χ4n) is 7.45. The van der Waals surface area contributed by atoms with Gasteiger partial charge in [0, 0.05) is 38.9 Å². The van der Waals surface area contributed by atoms with Crippen LogP contribution in [0.3, 0.4) is 0 Å². The van der Waals surface area contributed by atoms with E-state index in [9.17, 15) is 19.2 Å². The van der Waals surface area contributed by atoms with Crippen molar-refractivity contribution in [2.75, 3.05) is 16.3 Å². The molecule has 1 aromatic heterocycles. The number of hydrogen-bond acceptors (Lipinski definition) is 13. The van der Waals surface area contributed by atoms with E-state index in [2.05, 4.69) is 25.1 Å². The maximum Gasteiger partial charge on any atom is 0.414 e. The lowest BCUT2D eigenvalue weighted by Gasteiger charge is -2.49. The number of carbonyl (C=O) groups excluding carboxylic acids is 4. The van der Waals surface area contributed by atoms with E-state index >= 15 is 0 Å². The number of fused-ring (bicyclic) bond motifs is 1. The number of esters is 1. The van der Waals surface area contributed by atoms with E-state index in [-0.39, 0.29) is 27.6 Å². The first-order chi connectivity index (χ1) is 32.0. The number of halogens is 1. The van der Waals surface area contributed by atoms with Crippen LogP contribution in [-0.4, -0.2) is 71.8 Å². The number of thioether (sulfide) groups is 2. The summed E-state index contributed by atoms with van der Waals surface area (Å²) in [5.41, 5.74) is 1.07. The van der Waals surface area contributed by atoms with Crippen LogP contribution >= 0.6 is 46.7 Å². The lowest BCUT2D eigenvalue weighted by Crippen LogP contribution is -2.71. The molecular weight excluding hydrogens is 916 g/mol. The van der Waals surface area contributed by atoms with Gasteiger partial charge in [0.05, 0.1) is 5.21 Å². The maximum absolute atomic E-state index is 14.7. The number of nitrogens with zero attached hydrogens (tertiary/aromatic N) is 4. The summed E-state index contributed by atoms with van der Waals surface area (Å²) in [6.45, 7) is 5.17. The monoisotopic (exact) mass is 958 g/mol. The van der Waals surface area contributed by atoms with Crippen molar-refractivity contribution in [3.63, 3.8) is 0 Å².